The average Bonchev–Trinajstić information content (AvgIpc) is 2.60. The highest BCUT2D eigenvalue weighted by Crippen LogP contribution is 2.21. The minimum Gasteiger partial charge on any atom is -0.467 e. The molecule has 0 aliphatic heterocycles. The number of methoxy groups -OCH3 is 1. The number of carbonyl (C=O) groups is 2. The number of hydrogen-bond donors (Lipinski definition) is 2. The third-order valence-electron chi connectivity index (χ3n) is 3.65. The second kappa shape index (κ2) is 8.87. The van der Waals surface area contributed by atoms with Crippen molar-refractivity contribution < 1.29 is 14.3 Å². The molecule has 0 unspecified atom stereocenters. The van der Waals surface area contributed by atoms with E-state index in [1.165, 1.54) is 7.11 Å². The minimum atomic E-state index is -0.582. The van der Waals surface area contributed by atoms with Crippen LogP contribution in [0.1, 0.15) is 31.0 Å². The molecule has 1 atom stereocenters. The molecule has 0 radical (unpaired) electrons. The Morgan fingerprint density at radius 1 is 1.00 bits per heavy atom. The van der Waals surface area contributed by atoms with Crippen LogP contribution in [-0.4, -0.2) is 25.0 Å². The lowest BCUT2D eigenvalue weighted by Crippen LogP contribution is -2.31. The molecule has 2 aromatic carbocycles. The summed E-state index contributed by atoms with van der Waals surface area (Å²) in [6.45, 7) is 3.86. The maximum Gasteiger partial charge on any atom is 0.332 e. The van der Waals surface area contributed by atoms with E-state index in [9.17, 15) is 9.59 Å². The SMILES string of the molecule is COC(=O)[C@@H](Nc1ccc(CC(=O)NC(C)C)cc1)c1ccccc1. The first-order valence-corrected chi connectivity index (χ1v) is 8.27. The number of hydrogen-bond acceptors (Lipinski definition) is 4. The second-order valence-electron chi connectivity index (χ2n) is 6.11. The van der Waals surface area contributed by atoms with Gasteiger partial charge in [0.25, 0.3) is 0 Å². The topological polar surface area (TPSA) is 67.4 Å². The van der Waals surface area contributed by atoms with Crippen LogP contribution in [0.25, 0.3) is 0 Å². The lowest BCUT2D eigenvalue weighted by atomic mass is 10.1. The van der Waals surface area contributed by atoms with Crippen molar-refractivity contribution in [3.05, 3.63) is 65.7 Å². The molecule has 0 aliphatic carbocycles. The molecular weight excluding hydrogens is 316 g/mol. The van der Waals surface area contributed by atoms with E-state index in [2.05, 4.69) is 10.6 Å². The predicted octanol–water partition coefficient (Wildman–Crippen LogP) is 3.08. The Morgan fingerprint density at radius 3 is 2.20 bits per heavy atom. The number of nitrogens with one attached hydrogen (secondary N) is 2. The number of ether oxygens (including phenoxy) is 1. The normalized spacial score (nSPS) is 11.7. The second-order valence-corrected chi connectivity index (χ2v) is 6.11. The van der Waals surface area contributed by atoms with Gasteiger partial charge in [-0.05, 0) is 37.1 Å². The summed E-state index contributed by atoms with van der Waals surface area (Å²) in [5, 5.41) is 6.05. The van der Waals surface area contributed by atoms with E-state index in [0.717, 1.165) is 16.8 Å². The van der Waals surface area contributed by atoms with Gasteiger partial charge in [0.15, 0.2) is 6.04 Å². The summed E-state index contributed by atoms with van der Waals surface area (Å²) in [6.07, 6.45) is 0.331. The van der Waals surface area contributed by atoms with Crippen LogP contribution in [0.3, 0.4) is 0 Å². The van der Waals surface area contributed by atoms with Crippen molar-refractivity contribution >= 4 is 17.6 Å². The Morgan fingerprint density at radius 2 is 1.64 bits per heavy atom. The first kappa shape index (κ1) is 18.5. The summed E-state index contributed by atoms with van der Waals surface area (Å²) in [4.78, 5) is 23.9. The summed E-state index contributed by atoms with van der Waals surface area (Å²) in [5.41, 5.74) is 2.53. The molecule has 0 saturated heterocycles. The van der Waals surface area contributed by atoms with Crippen molar-refractivity contribution in [2.45, 2.75) is 32.4 Å². The van der Waals surface area contributed by atoms with Gasteiger partial charge in [0.1, 0.15) is 0 Å². The van der Waals surface area contributed by atoms with Gasteiger partial charge >= 0.3 is 5.97 Å². The molecule has 0 heterocycles. The third kappa shape index (κ3) is 5.64. The summed E-state index contributed by atoms with van der Waals surface area (Å²) in [5.74, 6) is -0.362. The number of anilines is 1. The van der Waals surface area contributed by atoms with Crippen molar-refractivity contribution in [1.29, 1.82) is 0 Å². The van der Waals surface area contributed by atoms with Gasteiger partial charge in [-0.15, -0.1) is 0 Å². The van der Waals surface area contributed by atoms with Gasteiger partial charge in [-0.3, -0.25) is 4.79 Å². The van der Waals surface area contributed by atoms with Crippen LogP contribution in [-0.2, 0) is 20.7 Å². The molecule has 2 N–H and O–H groups in total. The zero-order valence-electron chi connectivity index (χ0n) is 14.8. The number of amides is 1. The molecule has 0 spiro atoms. The summed E-state index contributed by atoms with van der Waals surface area (Å²) < 4.78 is 4.90. The highest BCUT2D eigenvalue weighted by atomic mass is 16.5. The van der Waals surface area contributed by atoms with Crippen LogP contribution in [0.2, 0.25) is 0 Å². The van der Waals surface area contributed by atoms with E-state index in [4.69, 9.17) is 4.74 Å². The fourth-order valence-corrected chi connectivity index (χ4v) is 2.49. The maximum absolute atomic E-state index is 12.1. The van der Waals surface area contributed by atoms with Crippen LogP contribution >= 0.6 is 0 Å². The molecule has 25 heavy (non-hydrogen) atoms. The quantitative estimate of drug-likeness (QED) is 0.760. The fourth-order valence-electron chi connectivity index (χ4n) is 2.49. The monoisotopic (exact) mass is 340 g/mol. The highest BCUT2D eigenvalue weighted by Gasteiger charge is 2.20. The molecule has 1 amide bonds. The lowest BCUT2D eigenvalue weighted by Gasteiger charge is -2.18. The zero-order valence-corrected chi connectivity index (χ0v) is 14.8. The van der Waals surface area contributed by atoms with E-state index in [0.29, 0.717) is 6.42 Å². The van der Waals surface area contributed by atoms with Gasteiger partial charge in [-0.2, -0.15) is 0 Å². The Hall–Kier alpha value is -2.82. The van der Waals surface area contributed by atoms with E-state index in [1.54, 1.807) is 0 Å². The third-order valence-corrected chi connectivity index (χ3v) is 3.65. The van der Waals surface area contributed by atoms with Crippen molar-refractivity contribution in [2.24, 2.45) is 0 Å². The van der Waals surface area contributed by atoms with E-state index in [-0.39, 0.29) is 17.9 Å². The summed E-state index contributed by atoms with van der Waals surface area (Å²) in [6, 6.07) is 16.4. The lowest BCUT2D eigenvalue weighted by molar-refractivity contribution is -0.141. The maximum atomic E-state index is 12.1. The van der Waals surface area contributed by atoms with Crippen LogP contribution in [0.5, 0.6) is 0 Å². The predicted molar refractivity (Wildman–Crippen MR) is 98.2 cm³/mol. The Kier molecular flexibility index (Phi) is 6.57. The highest BCUT2D eigenvalue weighted by molar-refractivity contribution is 5.81. The van der Waals surface area contributed by atoms with Crippen LogP contribution in [0.4, 0.5) is 5.69 Å². The molecule has 0 aliphatic rings. The molecular formula is C20H24N2O3. The number of esters is 1. The van der Waals surface area contributed by atoms with E-state index in [1.807, 2.05) is 68.4 Å². The van der Waals surface area contributed by atoms with Gasteiger partial charge in [-0.1, -0.05) is 42.5 Å². The smallest absolute Gasteiger partial charge is 0.332 e. The minimum absolute atomic E-state index is 0.00701. The zero-order chi connectivity index (χ0) is 18.2. The molecule has 0 fully saturated rings. The van der Waals surface area contributed by atoms with Crippen molar-refractivity contribution in [1.82, 2.24) is 5.32 Å². The molecule has 132 valence electrons. The van der Waals surface area contributed by atoms with Crippen LogP contribution < -0.4 is 10.6 Å². The largest absolute Gasteiger partial charge is 0.467 e. The van der Waals surface area contributed by atoms with Crippen LogP contribution in [0.15, 0.2) is 54.6 Å². The summed E-state index contributed by atoms with van der Waals surface area (Å²) >= 11 is 0. The van der Waals surface area contributed by atoms with Crippen molar-refractivity contribution in [3.63, 3.8) is 0 Å². The molecule has 0 bridgehead atoms. The fraction of sp³-hybridized carbons (Fsp3) is 0.300. The standard InChI is InChI=1S/C20H24N2O3/c1-14(2)21-18(23)13-15-9-11-17(12-10-15)22-19(20(24)25-3)16-7-5-4-6-8-16/h4-12,14,19,22H,13H2,1-3H3,(H,21,23)/t19-/m0/s1. The van der Waals surface area contributed by atoms with Crippen molar-refractivity contribution in [3.8, 4) is 0 Å². The molecule has 0 aromatic heterocycles. The molecule has 5 nitrogen and oxygen atoms in total. The Bertz CT molecular complexity index is 697. The van der Waals surface area contributed by atoms with Gasteiger partial charge in [0.2, 0.25) is 5.91 Å². The average molecular weight is 340 g/mol. The van der Waals surface area contributed by atoms with Gasteiger partial charge in [0, 0.05) is 11.7 Å². The first-order valence-electron chi connectivity index (χ1n) is 8.27. The van der Waals surface area contributed by atoms with Crippen LogP contribution in [0, 0.1) is 0 Å². The molecule has 0 saturated carbocycles. The first-order chi connectivity index (χ1) is 12.0. The van der Waals surface area contributed by atoms with E-state index < -0.39 is 6.04 Å². The number of carbonyl (C=O) groups excluding carboxylic acids is 2. The Labute approximate surface area is 148 Å². The van der Waals surface area contributed by atoms with Crippen molar-refractivity contribution in [2.75, 3.05) is 12.4 Å². The molecule has 5 heteroatoms. The Balaban J connectivity index is 2.07. The van der Waals surface area contributed by atoms with Gasteiger partial charge in [0.05, 0.1) is 13.5 Å². The van der Waals surface area contributed by atoms with Gasteiger partial charge in [-0.25, -0.2) is 4.79 Å². The van der Waals surface area contributed by atoms with Gasteiger partial charge < -0.3 is 15.4 Å². The number of rotatable bonds is 7. The number of benzene rings is 2. The molecule has 2 aromatic rings. The summed E-state index contributed by atoms with van der Waals surface area (Å²) in [7, 11) is 1.37. The molecule has 2 rings (SSSR count). The van der Waals surface area contributed by atoms with E-state index >= 15 is 0 Å².